The van der Waals surface area contributed by atoms with Gasteiger partial charge >= 0.3 is 11.9 Å². The molecule has 0 N–H and O–H groups in total. The zero-order chi connectivity index (χ0) is 43.1. The highest BCUT2D eigenvalue weighted by atomic mass is 16.7. The van der Waals surface area contributed by atoms with Crippen molar-refractivity contribution in [1.29, 1.82) is 0 Å². The van der Waals surface area contributed by atoms with Crippen LogP contribution in [0.1, 0.15) is 259 Å². The molecule has 1 rings (SSSR count). The smallest absolute Gasteiger partial charge is 0.305 e. The van der Waals surface area contributed by atoms with Gasteiger partial charge in [-0.05, 0) is 70.4 Å². The third-order valence-corrected chi connectivity index (χ3v) is 13.1. The van der Waals surface area contributed by atoms with Gasteiger partial charge < -0.3 is 23.8 Å². The lowest BCUT2D eigenvalue weighted by Crippen LogP contribution is -2.32. The minimum absolute atomic E-state index is 0.00666. The summed E-state index contributed by atoms with van der Waals surface area (Å²) in [5, 5.41) is 0. The largest absolute Gasteiger partial charge is 0.466 e. The first-order valence-electron chi connectivity index (χ1n) is 26.1. The number of hydrogen-bond donors (Lipinski definition) is 0. The van der Waals surface area contributed by atoms with Gasteiger partial charge in [0.05, 0.1) is 25.9 Å². The number of nitrogens with zero attached hydrogens (tertiary/aromatic N) is 1. The summed E-state index contributed by atoms with van der Waals surface area (Å²) >= 11 is 0. The number of unbranched alkanes of at least 4 members (excludes halogenated alkanes) is 18. The summed E-state index contributed by atoms with van der Waals surface area (Å²) in [7, 11) is 2.18. The molecular formula is C52H101NO6. The maximum absolute atomic E-state index is 12.4. The summed E-state index contributed by atoms with van der Waals surface area (Å²) in [6.07, 6.45) is 40.4. The Morgan fingerprint density at radius 1 is 0.542 bits per heavy atom. The summed E-state index contributed by atoms with van der Waals surface area (Å²) in [4.78, 5) is 27.2. The molecule has 0 aromatic heterocycles. The molecular weight excluding hydrogens is 735 g/mol. The highest BCUT2D eigenvalue weighted by Gasteiger charge is 2.40. The first-order valence-corrected chi connectivity index (χ1v) is 26.1. The Morgan fingerprint density at radius 2 is 0.932 bits per heavy atom. The van der Waals surface area contributed by atoms with E-state index in [0.29, 0.717) is 44.5 Å². The van der Waals surface area contributed by atoms with Crippen LogP contribution in [-0.2, 0) is 28.5 Å². The van der Waals surface area contributed by atoms with E-state index < -0.39 is 5.79 Å². The lowest BCUT2D eigenvalue weighted by atomic mass is 9.92. The number of carbonyl (C=O) groups excluding carboxylic acids is 2. The maximum atomic E-state index is 12.4. The Balaban J connectivity index is 2.30. The molecule has 1 saturated heterocycles. The predicted molar refractivity (Wildman–Crippen MR) is 250 cm³/mol. The van der Waals surface area contributed by atoms with Gasteiger partial charge in [-0.3, -0.25) is 9.59 Å². The van der Waals surface area contributed by atoms with Gasteiger partial charge in [-0.1, -0.05) is 189 Å². The Hall–Kier alpha value is -1.18. The van der Waals surface area contributed by atoms with Gasteiger partial charge in [0.1, 0.15) is 0 Å². The number of hydrogen-bond acceptors (Lipinski definition) is 7. The van der Waals surface area contributed by atoms with Crippen molar-refractivity contribution in [3.63, 3.8) is 0 Å². The average Bonchev–Trinajstić information content (AvgIpc) is 3.64. The average molecular weight is 836 g/mol. The lowest BCUT2D eigenvalue weighted by Gasteiger charge is -2.29. The van der Waals surface area contributed by atoms with Gasteiger partial charge in [0, 0.05) is 32.2 Å². The quantitative estimate of drug-likeness (QED) is 0.0447. The van der Waals surface area contributed by atoms with E-state index in [-0.39, 0.29) is 18.0 Å². The molecule has 1 fully saturated rings. The fourth-order valence-electron chi connectivity index (χ4n) is 8.83. The summed E-state index contributed by atoms with van der Waals surface area (Å²) in [6, 6.07) is 0. The monoisotopic (exact) mass is 836 g/mol. The van der Waals surface area contributed by atoms with Crippen molar-refractivity contribution in [3.8, 4) is 0 Å². The second kappa shape index (κ2) is 39.7. The van der Waals surface area contributed by atoms with E-state index >= 15 is 0 Å². The van der Waals surface area contributed by atoms with Crippen LogP contribution in [0.4, 0.5) is 0 Å². The summed E-state index contributed by atoms with van der Waals surface area (Å²) in [6.45, 7) is 15.3. The van der Waals surface area contributed by atoms with Crippen LogP contribution in [0.25, 0.3) is 0 Å². The Morgan fingerprint density at radius 3 is 1.32 bits per heavy atom. The lowest BCUT2D eigenvalue weighted by molar-refractivity contribution is -0.180. The molecule has 1 aliphatic rings. The number of esters is 2. The number of rotatable bonds is 44. The van der Waals surface area contributed by atoms with Crippen LogP contribution < -0.4 is 0 Å². The third-order valence-electron chi connectivity index (χ3n) is 13.1. The molecule has 7 heteroatoms. The first-order chi connectivity index (χ1) is 28.8. The SMILES string of the molecule is CCCCCC(CCCCC)CCOC(=O)CCCCCCCCC1(CCCCCCCCC(=O)OCCC(CCCCC)CCCCC)OCC(CCN(C)CC)O1. The minimum atomic E-state index is -0.432. The Labute approximate surface area is 367 Å². The van der Waals surface area contributed by atoms with Crippen molar-refractivity contribution in [2.24, 2.45) is 11.8 Å². The van der Waals surface area contributed by atoms with Crippen molar-refractivity contribution in [2.45, 2.75) is 271 Å². The van der Waals surface area contributed by atoms with Crippen molar-refractivity contribution >= 4 is 11.9 Å². The molecule has 7 nitrogen and oxygen atoms in total. The predicted octanol–water partition coefficient (Wildman–Crippen LogP) is 15.1. The zero-order valence-electron chi connectivity index (χ0n) is 40.4. The zero-order valence-corrected chi connectivity index (χ0v) is 40.4. The van der Waals surface area contributed by atoms with E-state index in [4.69, 9.17) is 18.9 Å². The molecule has 59 heavy (non-hydrogen) atoms. The first kappa shape index (κ1) is 55.8. The molecule has 350 valence electrons. The molecule has 0 aromatic carbocycles. The molecule has 1 atom stereocenters. The topological polar surface area (TPSA) is 74.3 Å². The van der Waals surface area contributed by atoms with E-state index in [2.05, 4.69) is 46.6 Å². The number of ether oxygens (including phenoxy) is 4. The summed E-state index contributed by atoms with van der Waals surface area (Å²) in [5.41, 5.74) is 0. The van der Waals surface area contributed by atoms with Crippen LogP contribution in [0.3, 0.4) is 0 Å². The second-order valence-corrected chi connectivity index (χ2v) is 18.6. The third kappa shape index (κ3) is 32.2. The molecule has 0 bridgehead atoms. The van der Waals surface area contributed by atoms with Crippen molar-refractivity contribution < 1.29 is 28.5 Å². The van der Waals surface area contributed by atoms with E-state index in [1.54, 1.807) is 0 Å². The van der Waals surface area contributed by atoms with Gasteiger partial charge in [0.2, 0.25) is 0 Å². The number of carbonyl (C=O) groups is 2. The molecule has 0 spiro atoms. The molecule has 1 heterocycles. The van der Waals surface area contributed by atoms with Crippen LogP contribution in [-0.4, -0.2) is 68.7 Å². The highest BCUT2D eigenvalue weighted by molar-refractivity contribution is 5.69. The van der Waals surface area contributed by atoms with E-state index in [9.17, 15) is 9.59 Å². The molecule has 0 aliphatic carbocycles. The summed E-state index contributed by atoms with van der Waals surface area (Å²) in [5.74, 6) is 0.975. The molecule has 1 aliphatic heterocycles. The maximum Gasteiger partial charge on any atom is 0.305 e. The van der Waals surface area contributed by atoms with Gasteiger partial charge in [-0.25, -0.2) is 0 Å². The highest BCUT2D eigenvalue weighted by Crippen LogP contribution is 2.36. The van der Waals surface area contributed by atoms with Gasteiger partial charge in [-0.2, -0.15) is 0 Å². The van der Waals surface area contributed by atoms with Crippen LogP contribution in [0.2, 0.25) is 0 Å². The van der Waals surface area contributed by atoms with Crippen molar-refractivity contribution in [1.82, 2.24) is 4.90 Å². The normalized spacial score (nSPS) is 15.2. The molecule has 0 radical (unpaired) electrons. The van der Waals surface area contributed by atoms with Gasteiger partial charge in [-0.15, -0.1) is 0 Å². The molecule has 0 aromatic rings. The van der Waals surface area contributed by atoms with E-state index in [1.807, 2.05) is 0 Å². The van der Waals surface area contributed by atoms with Crippen LogP contribution in [0, 0.1) is 11.8 Å². The van der Waals surface area contributed by atoms with Crippen molar-refractivity contribution in [3.05, 3.63) is 0 Å². The van der Waals surface area contributed by atoms with E-state index in [0.717, 1.165) is 83.7 Å². The Kier molecular flexibility index (Phi) is 37.5. The molecule has 1 unspecified atom stereocenters. The van der Waals surface area contributed by atoms with Crippen molar-refractivity contribution in [2.75, 3.05) is 40.0 Å². The fourth-order valence-corrected chi connectivity index (χ4v) is 8.83. The minimum Gasteiger partial charge on any atom is -0.466 e. The second-order valence-electron chi connectivity index (χ2n) is 18.6. The summed E-state index contributed by atoms with van der Waals surface area (Å²) < 4.78 is 24.6. The van der Waals surface area contributed by atoms with Gasteiger partial charge in [0.25, 0.3) is 0 Å². The fraction of sp³-hybridized carbons (Fsp3) is 0.962. The van der Waals surface area contributed by atoms with Crippen LogP contribution in [0.15, 0.2) is 0 Å². The standard InChI is InChI=1S/C52H101NO6/c1-7-12-24-32-47(33-25-13-8-2)39-44-56-50(54)36-28-20-16-18-22-30-41-52(58-46-49(59-52)38-43-53(6)11-5)42-31-23-19-17-21-29-37-51(55)57-45-40-48(34-26-14-9-3)35-27-15-10-4/h47-49H,7-46H2,1-6H3. The van der Waals surface area contributed by atoms with E-state index in [1.165, 1.54) is 141 Å². The van der Waals surface area contributed by atoms with Crippen LogP contribution in [0.5, 0.6) is 0 Å². The Bertz CT molecular complexity index is 866. The molecule has 0 saturated carbocycles. The van der Waals surface area contributed by atoms with Crippen LogP contribution >= 0.6 is 0 Å². The molecule has 0 amide bonds. The van der Waals surface area contributed by atoms with Gasteiger partial charge in [0.15, 0.2) is 5.79 Å².